The average molecular weight is 422 g/mol. The number of benzene rings is 1. The minimum atomic E-state index is -0.493. The zero-order valence-corrected chi connectivity index (χ0v) is 19.1. The molecular weight excluding hydrogens is 382 g/mol. The van der Waals surface area contributed by atoms with Gasteiger partial charge in [-0.25, -0.2) is 0 Å². The summed E-state index contributed by atoms with van der Waals surface area (Å²) >= 11 is 0. The van der Waals surface area contributed by atoms with Crippen molar-refractivity contribution in [3.63, 3.8) is 0 Å². The first-order chi connectivity index (χ1) is 15.1. The summed E-state index contributed by atoms with van der Waals surface area (Å²) in [4.78, 5) is 0. The van der Waals surface area contributed by atoms with E-state index < -0.39 is 6.10 Å². The summed E-state index contributed by atoms with van der Waals surface area (Å²) in [7, 11) is 0. The Kier molecular flexibility index (Phi) is 9.25. The SMILES string of the molecule is CC#CC[C@H](C)[C@H](O)C=C[C@@H]1[C@H]2CC(=CCCCCNc3ccccc3)C[C@H]2C[C@H]1O. The van der Waals surface area contributed by atoms with Gasteiger partial charge in [0.2, 0.25) is 0 Å². The topological polar surface area (TPSA) is 52.5 Å². The van der Waals surface area contributed by atoms with Crippen molar-refractivity contribution in [1.29, 1.82) is 0 Å². The molecular formula is C28H39NO2. The zero-order valence-electron chi connectivity index (χ0n) is 19.1. The standard InChI is InChI=1S/C28H39NO2/c1-3-4-11-21(2)27(30)16-15-25-26-19-22(18-23(26)20-28(25)31)12-7-6-10-17-29-24-13-8-5-9-14-24/h5,8-9,12-16,21,23,25-31H,6-7,10-11,17-20H2,1-2H3/t21-,23-,25+,26-,27+,28+/m0/s1. The van der Waals surface area contributed by atoms with Crippen LogP contribution < -0.4 is 5.32 Å². The molecule has 0 spiro atoms. The quantitative estimate of drug-likeness (QED) is 0.263. The number of aliphatic hydroxyl groups excluding tert-OH is 2. The first-order valence-corrected chi connectivity index (χ1v) is 12.0. The average Bonchev–Trinajstić information content (AvgIpc) is 3.29. The summed E-state index contributed by atoms with van der Waals surface area (Å²) in [5.74, 6) is 7.34. The van der Waals surface area contributed by atoms with Crippen molar-refractivity contribution in [2.24, 2.45) is 23.7 Å². The molecule has 0 amide bonds. The summed E-state index contributed by atoms with van der Waals surface area (Å²) in [6.45, 7) is 4.87. The third-order valence-electron chi connectivity index (χ3n) is 6.99. The monoisotopic (exact) mass is 421 g/mol. The fraction of sp³-hybridized carbons (Fsp3) is 0.571. The molecule has 0 aliphatic heterocycles. The number of aliphatic hydroxyl groups is 2. The molecule has 2 fully saturated rings. The molecule has 0 heterocycles. The van der Waals surface area contributed by atoms with E-state index in [2.05, 4.69) is 53.6 Å². The van der Waals surface area contributed by atoms with Crippen molar-refractivity contribution in [3.05, 3.63) is 54.1 Å². The van der Waals surface area contributed by atoms with E-state index in [9.17, 15) is 10.2 Å². The zero-order chi connectivity index (χ0) is 22.1. The van der Waals surface area contributed by atoms with Crippen molar-refractivity contribution in [2.45, 2.75) is 71.0 Å². The highest BCUT2D eigenvalue weighted by Crippen LogP contribution is 2.50. The molecule has 3 rings (SSSR count). The molecule has 0 saturated heterocycles. The van der Waals surface area contributed by atoms with Crippen molar-refractivity contribution >= 4 is 5.69 Å². The Labute approximate surface area is 188 Å². The highest BCUT2D eigenvalue weighted by atomic mass is 16.3. The lowest BCUT2D eigenvalue weighted by Gasteiger charge is -2.19. The lowest BCUT2D eigenvalue weighted by atomic mass is 9.89. The van der Waals surface area contributed by atoms with Crippen LogP contribution >= 0.6 is 0 Å². The van der Waals surface area contributed by atoms with Crippen LogP contribution in [-0.4, -0.2) is 29.0 Å². The second-order valence-electron chi connectivity index (χ2n) is 9.35. The van der Waals surface area contributed by atoms with Gasteiger partial charge >= 0.3 is 0 Å². The van der Waals surface area contributed by atoms with Gasteiger partial charge in [0, 0.05) is 24.6 Å². The van der Waals surface area contributed by atoms with Gasteiger partial charge < -0.3 is 15.5 Å². The molecule has 0 radical (unpaired) electrons. The Morgan fingerprint density at radius 2 is 2.00 bits per heavy atom. The molecule has 0 aromatic heterocycles. The molecule has 2 aliphatic rings. The van der Waals surface area contributed by atoms with E-state index in [1.807, 2.05) is 26.0 Å². The first-order valence-electron chi connectivity index (χ1n) is 12.0. The molecule has 6 atom stereocenters. The molecule has 2 saturated carbocycles. The number of para-hydroxylation sites is 1. The summed E-state index contributed by atoms with van der Waals surface area (Å²) < 4.78 is 0. The Morgan fingerprint density at radius 1 is 1.19 bits per heavy atom. The normalized spacial score (nSPS) is 28.3. The molecule has 3 nitrogen and oxygen atoms in total. The van der Waals surface area contributed by atoms with E-state index in [0.29, 0.717) is 18.3 Å². The Bertz CT molecular complexity index is 788. The van der Waals surface area contributed by atoms with E-state index in [1.165, 1.54) is 18.5 Å². The van der Waals surface area contributed by atoms with Crippen molar-refractivity contribution in [1.82, 2.24) is 0 Å². The Morgan fingerprint density at radius 3 is 2.77 bits per heavy atom. The number of nitrogens with one attached hydrogen (secondary N) is 1. The molecule has 168 valence electrons. The minimum absolute atomic E-state index is 0.119. The number of unbranched alkanes of at least 4 members (excludes halogenated alkanes) is 2. The number of anilines is 1. The third-order valence-corrected chi connectivity index (χ3v) is 6.99. The van der Waals surface area contributed by atoms with E-state index in [1.54, 1.807) is 5.57 Å². The van der Waals surface area contributed by atoms with Crippen LogP contribution in [0, 0.1) is 35.5 Å². The van der Waals surface area contributed by atoms with Gasteiger partial charge in [-0.2, -0.15) is 0 Å². The number of hydrogen-bond donors (Lipinski definition) is 3. The number of hydrogen-bond acceptors (Lipinski definition) is 3. The van der Waals surface area contributed by atoms with Crippen molar-refractivity contribution in [3.8, 4) is 11.8 Å². The van der Waals surface area contributed by atoms with Crippen molar-refractivity contribution < 1.29 is 10.2 Å². The smallest absolute Gasteiger partial charge is 0.0755 e. The van der Waals surface area contributed by atoms with Gasteiger partial charge in [0.1, 0.15) is 0 Å². The summed E-state index contributed by atoms with van der Waals surface area (Å²) in [5, 5.41) is 24.4. The third kappa shape index (κ3) is 6.99. The van der Waals surface area contributed by atoms with Gasteiger partial charge in [0.05, 0.1) is 12.2 Å². The van der Waals surface area contributed by atoms with Gasteiger partial charge in [-0.3, -0.25) is 0 Å². The lowest BCUT2D eigenvalue weighted by Crippen LogP contribution is -2.19. The van der Waals surface area contributed by atoms with Crippen LogP contribution in [0.4, 0.5) is 5.69 Å². The molecule has 0 unspecified atom stereocenters. The predicted molar refractivity (Wildman–Crippen MR) is 130 cm³/mol. The maximum atomic E-state index is 10.6. The number of fused-ring (bicyclic) bond motifs is 1. The molecule has 1 aromatic carbocycles. The van der Waals surface area contributed by atoms with Crippen LogP contribution in [0.15, 0.2) is 54.1 Å². The first kappa shape index (κ1) is 23.6. The minimum Gasteiger partial charge on any atom is -0.392 e. The second-order valence-corrected chi connectivity index (χ2v) is 9.35. The fourth-order valence-electron chi connectivity index (χ4n) is 5.12. The largest absolute Gasteiger partial charge is 0.392 e. The molecule has 2 aliphatic carbocycles. The lowest BCUT2D eigenvalue weighted by molar-refractivity contribution is 0.137. The Hall–Kier alpha value is -2.02. The van der Waals surface area contributed by atoms with Crippen LogP contribution in [-0.2, 0) is 0 Å². The summed E-state index contributed by atoms with van der Waals surface area (Å²) in [5.41, 5.74) is 2.77. The van der Waals surface area contributed by atoms with Crippen LogP contribution in [0.25, 0.3) is 0 Å². The molecule has 3 heteroatoms. The van der Waals surface area contributed by atoms with E-state index >= 15 is 0 Å². The van der Waals surface area contributed by atoms with Gasteiger partial charge in [-0.05, 0) is 75.3 Å². The summed E-state index contributed by atoms with van der Waals surface area (Å²) in [6.07, 6.45) is 13.0. The molecule has 1 aromatic rings. The molecule has 3 N–H and O–H groups in total. The van der Waals surface area contributed by atoms with E-state index in [0.717, 1.165) is 32.2 Å². The van der Waals surface area contributed by atoms with E-state index in [-0.39, 0.29) is 17.9 Å². The summed E-state index contributed by atoms with van der Waals surface area (Å²) in [6, 6.07) is 10.4. The second kappa shape index (κ2) is 12.1. The maximum Gasteiger partial charge on any atom is 0.0755 e. The Balaban J connectivity index is 1.41. The van der Waals surface area contributed by atoms with Gasteiger partial charge in [0.15, 0.2) is 0 Å². The van der Waals surface area contributed by atoms with Crippen LogP contribution in [0.2, 0.25) is 0 Å². The van der Waals surface area contributed by atoms with Crippen molar-refractivity contribution in [2.75, 3.05) is 11.9 Å². The van der Waals surface area contributed by atoms with E-state index in [4.69, 9.17) is 0 Å². The maximum absolute atomic E-state index is 10.6. The predicted octanol–water partition coefficient (Wildman–Crippen LogP) is 5.57. The fourth-order valence-corrected chi connectivity index (χ4v) is 5.12. The highest BCUT2D eigenvalue weighted by Gasteiger charge is 2.44. The van der Waals surface area contributed by atoms with Gasteiger partial charge in [-0.15, -0.1) is 11.8 Å². The van der Waals surface area contributed by atoms with Gasteiger partial charge in [0.25, 0.3) is 0 Å². The van der Waals surface area contributed by atoms with Gasteiger partial charge in [-0.1, -0.05) is 48.9 Å². The van der Waals surface area contributed by atoms with Crippen LogP contribution in [0.1, 0.15) is 58.8 Å². The molecule has 31 heavy (non-hydrogen) atoms. The highest BCUT2D eigenvalue weighted by molar-refractivity contribution is 5.42. The molecule has 0 bridgehead atoms. The number of rotatable bonds is 10. The van der Waals surface area contributed by atoms with Crippen LogP contribution in [0.3, 0.4) is 0 Å². The number of allylic oxidation sites excluding steroid dienone is 2. The van der Waals surface area contributed by atoms with Crippen LogP contribution in [0.5, 0.6) is 0 Å².